The topological polar surface area (TPSA) is 33.5 Å². The Bertz CT molecular complexity index is 739. The number of hydrogen-bond acceptors (Lipinski definition) is 1. The maximum absolute atomic E-state index is 13.6. The van der Waals surface area contributed by atoms with E-state index in [1.54, 1.807) is 0 Å². The third kappa shape index (κ3) is 4.07. The number of carbonyl (C=O) groups is 1. The van der Waals surface area contributed by atoms with Crippen LogP contribution in [0.25, 0.3) is 0 Å². The second-order valence-corrected chi connectivity index (χ2v) is 6.89. The number of halogens is 3. The number of benzene rings is 2. The van der Waals surface area contributed by atoms with Crippen molar-refractivity contribution in [2.75, 3.05) is 13.1 Å². The molecule has 2 N–H and O–H groups in total. The molecule has 2 aromatic carbocycles. The van der Waals surface area contributed by atoms with Gasteiger partial charge in [-0.3, -0.25) is 4.79 Å². The lowest BCUT2D eigenvalue weighted by Gasteiger charge is -2.15. The lowest BCUT2D eigenvalue weighted by atomic mass is 10.1. The molecule has 6 heteroatoms. The summed E-state index contributed by atoms with van der Waals surface area (Å²) < 4.78 is 13.6. The minimum atomic E-state index is -0.644. The smallest absolute Gasteiger partial charge is 0.253 e. The van der Waals surface area contributed by atoms with Crippen LogP contribution in [0.5, 0.6) is 0 Å². The van der Waals surface area contributed by atoms with E-state index in [2.05, 4.69) is 17.4 Å². The van der Waals surface area contributed by atoms with E-state index >= 15 is 0 Å². The monoisotopic (exact) mass is 367 g/mol. The zero-order chi connectivity index (χ0) is 17.1. The molecule has 126 valence electrons. The molecule has 0 spiro atoms. The van der Waals surface area contributed by atoms with E-state index in [0.717, 1.165) is 32.1 Å². The summed E-state index contributed by atoms with van der Waals surface area (Å²) in [4.78, 5) is 13.8. The number of amides is 1. The molecular formula is C18H18Cl2FN2O+. The van der Waals surface area contributed by atoms with Crippen LogP contribution >= 0.6 is 23.2 Å². The van der Waals surface area contributed by atoms with E-state index in [4.69, 9.17) is 23.2 Å². The third-order valence-corrected chi connectivity index (χ3v) is 4.87. The molecule has 1 fully saturated rings. The van der Waals surface area contributed by atoms with Gasteiger partial charge in [0.25, 0.3) is 5.91 Å². The van der Waals surface area contributed by atoms with E-state index in [-0.39, 0.29) is 27.6 Å². The number of nitrogens with one attached hydrogen (secondary N) is 2. The van der Waals surface area contributed by atoms with Crippen molar-refractivity contribution in [2.24, 2.45) is 0 Å². The molecular weight excluding hydrogens is 350 g/mol. The van der Waals surface area contributed by atoms with Gasteiger partial charge in [0.05, 0.1) is 34.7 Å². The zero-order valence-electron chi connectivity index (χ0n) is 13.0. The highest BCUT2D eigenvalue weighted by atomic mass is 35.5. The Morgan fingerprint density at radius 1 is 1.21 bits per heavy atom. The second kappa shape index (κ2) is 7.51. The Morgan fingerprint density at radius 2 is 1.96 bits per heavy atom. The highest BCUT2D eigenvalue weighted by Crippen LogP contribution is 2.24. The van der Waals surface area contributed by atoms with Crippen LogP contribution in [0.3, 0.4) is 0 Å². The molecule has 0 saturated carbocycles. The molecule has 0 aliphatic carbocycles. The molecule has 0 radical (unpaired) electrons. The van der Waals surface area contributed by atoms with Crippen LogP contribution in [0, 0.1) is 5.82 Å². The number of hydrogen-bond donors (Lipinski definition) is 2. The van der Waals surface area contributed by atoms with Gasteiger partial charge in [-0.1, -0.05) is 53.5 Å². The van der Waals surface area contributed by atoms with Crippen molar-refractivity contribution in [3.05, 3.63) is 69.5 Å². The van der Waals surface area contributed by atoms with Crippen molar-refractivity contribution in [3.63, 3.8) is 0 Å². The van der Waals surface area contributed by atoms with Crippen LogP contribution < -0.4 is 10.2 Å². The van der Waals surface area contributed by atoms with Gasteiger partial charge in [0.2, 0.25) is 0 Å². The summed E-state index contributed by atoms with van der Waals surface area (Å²) in [6.07, 6.45) is 0.890. The van der Waals surface area contributed by atoms with Crippen LogP contribution in [0.15, 0.2) is 42.5 Å². The molecule has 0 bridgehead atoms. The minimum absolute atomic E-state index is 0.0611. The van der Waals surface area contributed by atoms with Gasteiger partial charge in [-0.2, -0.15) is 0 Å². The molecule has 1 aliphatic heterocycles. The Hall–Kier alpha value is -1.62. The lowest BCUT2D eigenvalue weighted by molar-refractivity contribution is -0.901. The van der Waals surface area contributed by atoms with E-state index in [1.807, 2.05) is 18.2 Å². The van der Waals surface area contributed by atoms with Gasteiger partial charge in [0.15, 0.2) is 0 Å². The van der Waals surface area contributed by atoms with Crippen molar-refractivity contribution in [3.8, 4) is 0 Å². The summed E-state index contributed by atoms with van der Waals surface area (Å²) in [7, 11) is 0. The number of likely N-dealkylation sites (tertiary alicyclic amines) is 1. The summed E-state index contributed by atoms with van der Waals surface area (Å²) in [6, 6.07) is 12.7. The molecule has 2 aromatic rings. The van der Waals surface area contributed by atoms with Gasteiger partial charge in [0, 0.05) is 12.0 Å². The van der Waals surface area contributed by atoms with Gasteiger partial charge < -0.3 is 10.2 Å². The standard InChI is InChI=1S/C18H17Cl2FN2O/c19-15-9-16(20)17(21)8-14(15)18(24)22-13-6-7-23(11-13)10-12-4-2-1-3-5-12/h1-5,8-9,13H,6-7,10-11H2,(H,22,24)/p+1/t13-/m1/s1. The van der Waals surface area contributed by atoms with Crippen molar-refractivity contribution < 1.29 is 14.1 Å². The van der Waals surface area contributed by atoms with Gasteiger partial charge in [0.1, 0.15) is 12.4 Å². The summed E-state index contributed by atoms with van der Waals surface area (Å²) in [5.41, 5.74) is 1.40. The summed E-state index contributed by atoms with van der Waals surface area (Å²) >= 11 is 11.7. The first-order chi connectivity index (χ1) is 11.5. The van der Waals surface area contributed by atoms with E-state index in [0.29, 0.717) is 0 Å². The first kappa shape index (κ1) is 17.2. The first-order valence-electron chi connectivity index (χ1n) is 7.86. The van der Waals surface area contributed by atoms with E-state index < -0.39 is 5.82 Å². The van der Waals surface area contributed by atoms with Gasteiger partial charge in [-0.05, 0) is 12.1 Å². The largest absolute Gasteiger partial charge is 0.343 e. The fourth-order valence-corrected chi connectivity index (χ4v) is 3.53. The predicted molar refractivity (Wildman–Crippen MR) is 93.1 cm³/mol. The quantitative estimate of drug-likeness (QED) is 0.800. The predicted octanol–water partition coefficient (Wildman–Crippen LogP) is 2.72. The van der Waals surface area contributed by atoms with Crippen molar-refractivity contribution in [2.45, 2.75) is 19.0 Å². The molecule has 24 heavy (non-hydrogen) atoms. The molecule has 1 saturated heterocycles. The maximum Gasteiger partial charge on any atom is 0.253 e. The number of quaternary nitrogens is 1. The Labute approximate surface area is 150 Å². The molecule has 0 aromatic heterocycles. The van der Waals surface area contributed by atoms with Crippen LogP contribution in [0.2, 0.25) is 10.0 Å². The fourth-order valence-electron chi connectivity index (χ4n) is 3.06. The zero-order valence-corrected chi connectivity index (χ0v) is 14.5. The lowest BCUT2D eigenvalue weighted by Crippen LogP contribution is -3.09. The van der Waals surface area contributed by atoms with Gasteiger partial charge >= 0.3 is 0 Å². The molecule has 1 amide bonds. The average Bonchev–Trinajstić information content (AvgIpc) is 2.98. The highest BCUT2D eigenvalue weighted by Gasteiger charge is 2.28. The van der Waals surface area contributed by atoms with Crippen LogP contribution in [-0.2, 0) is 6.54 Å². The van der Waals surface area contributed by atoms with E-state index in [9.17, 15) is 9.18 Å². The van der Waals surface area contributed by atoms with Crippen LogP contribution in [0.4, 0.5) is 4.39 Å². The van der Waals surface area contributed by atoms with E-state index in [1.165, 1.54) is 16.5 Å². The SMILES string of the molecule is O=C(N[C@@H]1CC[NH+](Cc2ccccc2)C1)c1cc(F)c(Cl)cc1Cl. The summed E-state index contributed by atoms with van der Waals surface area (Å²) in [5, 5.41) is 3.02. The second-order valence-electron chi connectivity index (χ2n) is 6.07. The maximum atomic E-state index is 13.6. The normalized spacial score (nSPS) is 20.1. The molecule has 3 rings (SSSR count). The Morgan fingerprint density at radius 3 is 2.71 bits per heavy atom. The van der Waals surface area contributed by atoms with Crippen LogP contribution in [0.1, 0.15) is 22.3 Å². The van der Waals surface area contributed by atoms with Crippen molar-refractivity contribution >= 4 is 29.1 Å². The minimum Gasteiger partial charge on any atom is -0.343 e. The third-order valence-electron chi connectivity index (χ3n) is 4.27. The van der Waals surface area contributed by atoms with Gasteiger partial charge in [-0.25, -0.2) is 4.39 Å². The van der Waals surface area contributed by atoms with Crippen molar-refractivity contribution in [1.82, 2.24) is 5.32 Å². The fraction of sp³-hybridized carbons (Fsp3) is 0.278. The van der Waals surface area contributed by atoms with Crippen LogP contribution in [-0.4, -0.2) is 25.0 Å². The number of rotatable bonds is 4. The molecule has 2 atom stereocenters. The summed E-state index contributed by atoms with van der Waals surface area (Å²) in [5.74, 6) is -1.00. The molecule has 1 aliphatic rings. The van der Waals surface area contributed by atoms with Crippen molar-refractivity contribution in [1.29, 1.82) is 0 Å². The number of carbonyl (C=O) groups excluding carboxylic acids is 1. The Kier molecular flexibility index (Phi) is 5.39. The molecule has 3 nitrogen and oxygen atoms in total. The molecule has 1 heterocycles. The molecule has 1 unspecified atom stereocenters. The van der Waals surface area contributed by atoms with Gasteiger partial charge in [-0.15, -0.1) is 0 Å². The first-order valence-corrected chi connectivity index (χ1v) is 8.61. The average molecular weight is 368 g/mol. The highest BCUT2D eigenvalue weighted by molar-refractivity contribution is 6.36. The summed E-state index contributed by atoms with van der Waals surface area (Å²) in [6.45, 7) is 2.76. The Balaban J connectivity index is 1.59.